The molecule has 1 saturated carbocycles. The van der Waals surface area contributed by atoms with Gasteiger partial charge in [0.05, 0.1) is 10.4 Å². The Morgan fingerprint density at radius 1 is 1.10 bits per heavy atom. The van der Waals surface area contributed by atoms with E-state index in [1.165, 1.54) is 10.4 Å². The van der Waals surface area contributed by atoms with E-state index in [0.717, 1.165) is 32.1 Å². The molecule has 1 saturated heterocycles. The van der Waals surface area contributed by atoms with Crippen molar-refractivity contribution >= 4 is 50.9 Å². The summed E-state index contributed by atoms with van der Waals surface area (Å²) in [4.78, 5) is 40.5. The normalized spacial score (nSPS) is 19.3. The highest BCUT2D eigenvalue weighted by Gasteiger charge is 2.40. The molecule has 12 nitrogen and oxygen atoms in total. The first-order valence-corrected chi connectivity index (χ1v) is 15.2. The monoisotopic (exact) mass is 588 g/mol. The second-order valence-electron chi connectivity index (χ2n) is 10.7. The maximum atomic E-state index is 13.3. The molecule has 2 amide bonds. The summed E-state index contributed by atoms with van der Waals surface area (Å²) < 4.78 is 27.9. The number of aromatic nitrogens is 2. The second-order valence-corrected chi connectivity index (χ2v) is 13.0. The molecule has 0 bridgehead atoms. The Balaban J connectivity index is 1.22. The summed E-state index contributed by atoms with van der Waals surface area (Å²) in [5, 5.41) is 2.64. The van der Waals surface area contributed by atoms with Crippen molar-refractivity contribution in [1.82, 2.24) is 24.5 Å². The number of sulfonamides is 1. The van der Waals surface area contributed by atoms with Gasteiger partial charge < -0.3 is 21.7 Å². The number of carbonyl (C=O) groups excluding carboxylic acids is 2. The zero-order chi connectivity index (χ0) is 28.7. The Hall–Kier alpha value is -3.29. The van der Waals surface area contributed by atoms with Gasteiger partial charge in [-0.2, -0.15) is 4.31 Å². The fraction of sp³-hybridized carbons (Fsp3) is 0.500. The van der Waals surface area contributed by atoms with Crippen LogP contribution in [0.5, 0.6) is 0 Å². The van der Waals surface area contributed by atoms with Crippen LogP contribution in [0.25, 0.3) is 0 Å². The van der Waals surface area contributed by atoms with Gasteiger partial charge in [0.2, 0.25) is 10.0 Å². The number of hydrogen-bond acceptors (Lipinski definition) is 9. The highest BCUT2D eigenvalue weighted by molar-refractivity contribution is 7.89. The van der Waals surface area contributed by atoms with Crippen molar-refractivity contribution in [3.63, 3.8) is 0 Å². The van der Waals surface area contributed by atoms with Crippen LogP contribution in [-0.4, -0.2) is 77.0 Å². The van der Waals surface area contributed by atoms with Crippen molar-refractivity contribution in [2.45, 2.75) is 67.8 Å². The number of piperidine rings is 1. The topological polar surface area (TPSA) is 177 Å². The summed E-state index contributed by atoms with van der Waals surface area (Å²) in [7, 11) is -2.07. The van der Waals surface area contributed by atoms with Crippen LogP contribution in [-0.2, 0) is 10.0 Å². The van der Waals surface area contributed by atoms with Gasteiger partial charge in [0, 0.05) is 38.2 Å². The van der Waals surface area contributed by atoms with Gasteiger partial charge in [-0.25, -0.2) is 18.4 Å². The molecule has 2 aromatic rings. The molecule has 40 heavy (non-hydrogen) atoms. The van der Waals surface area contributed by atoms with E-state index in [4.69, 9.17) is 28.1 Å². The number of nitrogens with zero attached hydrogens (tertiary/aromatic N) is 5. The van der Waals surface area contributed by atoms with Crippen LogP contribution in [0.4, 0.5) is 11.6 Å². The van der Waals surface area contributed by atoms with Gasteiger partial charge in [0.25, 0.3) is 11.8 Å². The maximum absolute atomic E-state index is 13.3. The average Bonchev–Trinajstić information content (AvgIpc) is 3.61. The molecule has 3 aliphatic rings. The lowest BCUT2D eigenvalue weighted by Crippen LogP contribution is -2.45. The van der Waals surface area contributed by atoms with Crippen molar-refractivity contribution in [3.05, 3.63) is 40.7 Å². The molecule has 1 spiro atoms. The summed E-state index contributed by atoms with van der Waals surface area (Å²) in [6.45, 7) is 0.934. The number of carbonyl (C=O) groups is 2. The van der Waals surface area contributed by atoms with Crippen LogP contribution >= 0.6 is 11.6 Å². The largest absolute Gasteiger partial charge is 0.382 e. The lowest BCUT2D eigenvalue weighted by Gasteiger charge is -2.37. The number of anilines is 2. The zero-order valence-corrected chi connectivity index (χ0v) is 23.8. The molecular formula is C26H33ClN8O4S. The number of amides is 2. The number of benzene rings is 1. The Labute approximate surface area is 238 Å². The van der Waals surface area contributed by atoms with E-state index in [0.29, 0.717) is 43.8 Å². The average molecular weight is 589 g/mol. The fourth-order valence-electron chi connectivity index (χ4n) is 5.73. The van der Waals surface area contributed by atoms with Gasteiger partial charge in [-0.05, 0) is 50.3 Å². The van der Waals surface area contributed by atoms with Gasteiger partial charge in [-0.1, -0.05) is 30.5 Å². The van der Waals surface area contributed by atoms with Crippen molar-refractivity contribution in [2.24, 2.45) is 4.99 Å². The Bertz CT molecular complexity index is 1470. The number of halogens is 1. The highest BCUT2D eigenvalue weighted by atomic mass is 35.5. The Kier molecular flexibility index (Phi) is 7.73. The molecule has 5 N–H and O–H groups in total. The molecule has 2 fully saturated rings. The minimum absolute atomic E-state index is 0.00106. The molecule has 14 heteroatoms. The van der Waals surface area contributed by atoms with Crippen LogP contribution < -0.4 is 16.8 Å². The molecule has 1 aliphatic carbocycles. The molecule has 0 radical (unpaired) electrons. The number of rotatable bonds is 5. The first-order chi connectivity index (χ1) is 19.0. The number of nitrogens with one attached hydrogen (secondary N) is 1. The van der Waals surface area contributed by atoms with E-state index in [2.05, 4.69) is 15.3 Å². The van der Waals surface area contributed by atoms with E-state index in [-0.39, 0.29) is 44.9 Å². The lowest BCUT2D eigenvalue weighted by molar-refractivity contribution is 0.0672. The third-order valence-corrected chi connectivity index (χ3v) is 10.3. The minimum Gasteiger partial charge on any atom is -0.382 e. The van der Waals surface area contributed by atoms with E-state index in [9.17, 15) is 18.0 Å². The zero-order valence-electron chi connectivity index (χ0n) is 22.3. The summed E-state index contributed by atoms with van der Waals surface area (Å²) in [5.41, 5.74) is 11.2. The predicted octanol–water partition coefficient (Wildman–Crippen LogP) is 2.45. The molecule has 2 aliphatic heterocycles. The van der Waals surface area contributed by atoms with Gasteiger partial charge >= 0.3 is 0 Å². The van der Waals surface area contributed by atoms with Crippen molar-refractivity contribution in [1.29, 1.82) is 0 Å². The number of aliphatic imine (C=N–C) groups is 1. The molecular weight excluding hydrogens is 556 g/mol. The van der Waals surface area contributed by atoms with Crippen LogP contribution in [0.15, 0.2) is 34.2 Å². The standard InChI is InChI=1S/C26H33ClN8O4S/c1-34(17-6-2-3-7-17)40(38,39)18-8-4-5-16(15-18)25(37)35-13-11-26(12-14-35)10-9-19(33-26)30-24(36)20-22(28)32-23(29)21(27)31-20/h4-5,8,15,17H,2-3,6-7,9-14H2,1H3,(H4,28,29,32)(H,30,33,36). The quantitative estimate of drug-likeness (QED) is 0.477. The minimum atomic E-state index is -3.69. The van der Waals surface area contributed by atoms with Crippen LogP contribution in [0, 0.1) is 0 Å². The van der Waals surface area contributed by atoms with Crippen LogP contribution in [0.1, 0.15) is 72.2 Å². The fourth-order valence-corrected chi connectivity index (χ4v) is 7.32. The van der Waals surface area contributed by atoms with Gasteiger partial charge in [0.15, 0.2) is 22.5 Å². The molecule has 5 rings (SSSR count). The van der Waals surface area contributed by atoms with E-state index >= 15 is 0 Å². The molecule has 1 aromatic heterocycles. The third kappa shape index (κ3) is 5.50. The molecule has 3 heterocycles. The van der Waals surface area contributed by atoms with E-state index in [1.54, 1.807) is 30.1 Å². The highest BCUT2D eigenvalue weighted by Crippen LogP contribution is 2.36. The van der Waals surface area contributed by atoms with E-state index < -0.39 is 15.9 Å². The Morgan fingerprint density at radius 2 is 1.80 bits per heavy atom. The third-order valence-electron chi connectivity index (χ3n) is 8.16. The molecule has 214 valence electrons. The summed E-state index contributed by atoms with van der Waals surface area (Å²) in [5.74, 6) is -0.437. The van der Waals surface area contributed by atoms with Crippen molar-refractivity contribution < 1.29 is 18.0 Å². The summed E-state index contributed by atoms with van der Waals surface area (Å²) >= 11 is 5.89. The van der Waals surface area contributed by atoms with Crippen LogP contribution in [0.3, 0.4) is 0 Å². The summed E-state index contributed by atoms with van der Waals surface area (Å²) in [6.07, 6.45) is 6.30. The number of amidine groups is 1. The number of likely N-dealkylation sites (tertiary alicyclic amines) is 1. The molecule has 1 aromatic carbocycles. The first kappa shape index (κ1) is 28.2. The van der Waals surface area contributed by atoms with Gasteiger partial charge in [0.1, 0.15) is 5.84 Å². The van der Waals surface area contributed by atoms with Gasteiger partial charge in [-0.3, -0.25) is 14.6 Å². The van der Waals surface area contributed by atoms with Crippen molar-refractivity contribution in [2.75, 3.05) is 31.6 Å². The first-order valence-electron chi connectivity index (χ1n) is 13.3. The van der Waals surface area contributed by atoms with Crippen molar-refractivity contribution in [3.8, 4) is 0 Å². The lowest BCUT2D eigenvalue weighted by atomic mass is 9.86. The van der Waals surface area contributed by atoms with Crippen LogP contribution in [0.2, 0.25) is 5.15 Å². The summed E-state index contributed by atoms with van der Waals surface area (Å²) in [6, 6.07) is 6.30. The number of nitrogen functional groups attached to an aromatic ring is 2. The predicted molar refractivity (Wildman–Crippen MR) is 152 cm³/mol. The number of nitrogens with two attached hydrogens (primary N) is 2. The number of hydrogen-bond donors (Lipinski definition) is 3. The second kappa shape index (κ2) is 10.9. The smallest absolute Gasteiger partial charge is 0.279 e. The molecule has 0 atom stereocenters. The Morgan fingerprint density at radius 3 is 2.50 bits per heavy atom. The van der Waals surface area contributed by atoms with Gasteiger partial charge in [-0.15, -0.1) is 0 Å². The maximum Gasteiger partial charge on any atom is 0.279 e. The van der Waals surface area contributed by atoms with E-state index in [1.807, 2.05) is 0 Å². The SMILES string of the molecule is CN(C1CCCC1)S(=O)(=O)c1cccc(C(=O)N2CCC3(CCC(NC(=O)c4nc(Cl)c(N)nc4N)=N3)CC2)c1. The molecule has 0 unspecified atom stereocenters.